The number of aromatic nitrogens is 1. The second-order valence-corrected chi connectivity index (χ2v) is 3.23. The molecule has 0 amide bonds. The van der Waals surface area contributed by atoms with Gasteiger partial charge in [0.2, 0.25) is 0 Å². The lowest BCUT2D eigenvalue weighted by atomic mass is 10.1. The van der Waals surface area contributed by atoms with Gasteiger partial charge in [-0.15, -0.1) is 0 Å². The summed E-state index contributed by atoms with van der Waals surface area (Å²) in [4.78, 5) is 13.3. The van der Waals surface area contributed by atoms with Crippen LogP contribution in [-0.4, -0.2) is 16.1 Å². The summed E-state index contributed by atoms with van der Waals surface area (Å²) in [6, 6.07) is 3.39. The van der Waals surface area contributed by atoms with Gasteiger partial charge in [0.25, 0.3) is 0 Å². The summed E-state index contributed by atoms with van der Waals surface area (Å²) in [5.74, 6) is -1.85. The molecule has 0 saturated carbocycles. The highest BCUT2D eigenvalue weighted by Gasteiger charge is 2.20. The van der Waals surface area contributed by atoms with Gasteiger partial charge in [0.05, 0.1) is 5.52 Å². The first-order chi connectivity index (χ1) is 7.11. The van der Waals surface area contributed by atoms with Crippen molar-refractivity contribution in [3.63, 3.8) is 0 Å². The van der Waals surface area contributed by atoms with E-state index in [-0.39, 0.29) is 11.1 Å². The topological polar surface area (TPSA) is 79.1 Å². The van der Waals surface area contributed by atoms with E-state index in [1.165, 1.54) is 6.07 Å². The highest BCUT2D eigenvalue weighted by atomic mass is 19.1. The Kier molecular flexibility index (Phi) is 2.17. The quantitative estimate of drug-likeness (QED) is 0.697. The van der Waals surface area contributed by atoms with Crippen LogP contribution in [0.2, 0.25) is 0 Å². The SMILES string of the molecule is NC(C(=O)O)c1ccc2cc[nH]c2c1F. The number of benzene rings is 1. The average Bonchev–Trinajstić information content (AvgIpc) is 2.66. The Morgan fingerprint density at radius 3 is 2.87 bits per heavy atom. The normalized spacial score (nSPS) is 12.9. The van der Waals surface area contributed by atoms with Crippen molar-refractivity contribution in [3.05, 3.63) is 35.8 Å². The van der Waals surface area contributed by atoms with Gasteiger partial charge in [-0.3, -0.25) is 4.79 Å². The van der Waals surface area contributed by atoms with E-state index in [9.17, 15) is 9.18 Å². The molecule has 0 aliphatic rings. The Morgan fingerprint density at radius 1 is 1.47 bits per heavy atom. The summed E-state index contributed by atoms with van der Waals surface area (Å²) in [6.45, 7) is 0. The third-order valence-corrected chi connectivity index (χ3v) is 2.30. The van der Waals surface area contributed by atoms with Crippen LogP contribution in [0.1, 0.15) is 11.6 Å². The van der Waals surface area contributed by atoms with Gasteiger partial charge < -0.3 is 15.8 Å². The second-order valence-electron chi connectivity index (χ2n) is 3.23. The van der Waals surface area contributed by atoms with Gasteiger partial charge in [-0.05, 0) is 6.07 Å². The number of hydrogen-bond acceptors (Lipinski definition) is 2. The van der Waals surface area contributed by atoms with E-state index in [4.69, 9.17) is 10.8 Å². The maximum Gasteiger partial charge on any atom is 0.325 e. The van der Waals surface area contributed by atoms with Crippen molar-refractivity contribution < 1.29 is 14.3 Å². The predicted molar refractivity (Wildman–Crippen MR) is 52.8 cm³/mol. The first-order valence-electron chi connectivity index (χ1n) is 4.35. The smallest absolute Gasteiger partial charge is 0.325 e. The molecule has 0 aliphatic heterocycles. The number of rotatable bonds is 2. The minimum Gasteiger partial charge on any atom is -0.480 e. The van der Waals surface area contributed by atoms with Gasteiger partial charge in [-0.2, -0.15) is 0 Å². The minimum atomic E-state index is -1.34. The molecule has 4 nitrogen and oxygen atoms in total. The fourth-order valence-corrected chi connectivity index (χ4v) is 1.48. The van der Waals surface area contributed by atoms with Crippen molar-refractivity contribution in [1.82, 2.24) is 4.98 Å². The van der Waals surface area contributed by atoms with Crippen molar-refractivity contribution in [1.29, 1.82) is 0 Å². The molecule has 1 atom stereocenters. The van der Waals surface area contributed by atoms with Crippen LogP contribution in [0.25, 0.3) is 10.9 Å². The van der Waals surface area contributed by atoms with E-state index in [1.807, 2.05) is 0 Å². The zero-order chi connectivity index (χ0) is 11.0. The standard InChI is InChI=1S/C10H9FN2O2/c11-7-6(8(12)10(14)15)2-1-5-3-4-13-9(5)7/h1-4,8,13H,12H2,(H,14,15). The molecular formula is C10H9FN2O2. The van der Waals surface area contributed by atoms with Gasteiger partial charge in [0.1, 0.15) is 6.04 Å². The van der Waals surface area contributed by atoms with Crippen molar-refractivity contribution >= 4 is 16.9 Å². The average molecular weight is 208 g/mol. The Labute approximate surface area is 84.5 Å². The molecule has 0 saturated heterocycles. The molecule has 5 heteroatoms. The van der Waals surface area contributed by atoms with Gasteiger partial charge in [0.15, 0.2) is 5.82 Å². The van der Waals surface area contributed by atoms with Crippen LogP contribution in [0.4, 0.5) is 4.39 Å². The molecule has 2 rings (SSSR count). The monoisotopic (exact) mass is 208 g/mol. The second kappa shape index (κ2) is 3.36. The number of halogens is 1. The number of aromatic amines is 1. The maximum atomic E-state index is 13.7. The number of carboxylic acids is 1. The summed E-state index contributed by atoms with van der Waals surface area (Å²) in [5.41, 5.74) is 5.61. The first kappa shape index (κ1) is 9.67. The van der Waals surface area contributed by atoms with Crippen LogP contribution in [0.3, 0.4) is 0 Å². The summed E-state index contributed by atoms with van der Waals surface area (Å²) in [6.07, 6.45) is 1.59. The van der Waals surface area contributed by atoms with Crippen LogP contribution in [-0.2, 0) is 4.79 Å². The first-order valence-corrected chi connectivity index (χ1v) is 4.35. The van der Waals surface area contributed by atoms with Crippen LogP contribution >= 0.6 is 0 Å². The Morgan fingerprint density at radius 2 is 2.20 bits per heavy atom. The zero-order valence-electron chi connectivity index (χ0n) is 7.70. The van der Waals surface area contributed by atoms with Gasteiger partial charge >= 0.3 is 5.97 Å². The summed E-state index contributed by atoms with van der Waals surface area (Å²) >= 11 is 0. The number of fused-ring (bicyclic) bond motifs is 1. The molecule has 1 aromatic carbocycles. The number of carbonyl (C=O) groups is 1. The van der Waals surface area contributed by atoms with Crippen molar-refractivity contribution in [3.8, 4) is 0 Å². The number of aliphatic carboxylic acids is 1. The number of nitrogens with two attached hydrogens (primary N) is 1. The molecule has 0 aliphatic carbocycles. The highest BCUT2D eigenvalue weighted by Crippen LogP contribution is 2.23. The number of H-pyrrole nitrogens is 1. The van der Waals surface area contributed by atoms with Crippen molar-refractivity contribution in [2.45, 2.75) is 6.04 Å². The lowest BCUT2D eigenvalue weighted by Crippen LogP contribution is -2.21. The molecule has 78 valence electrons. The molecule has 2 aromatic rings. The van der Waals surface area contributed by atoms with E-state index in [1.54, 1.807) is 18.3 Å². The number of hydrogen-bond donors (Lipinski definition) is 3. The van der Waals surface area contributed by atoms with Crippen LogP contribution < -0.4 is 5.73 Å². The molecule has 15 heavy (non-hydrogen) atoms. The minimum absolute atomic E-state index is 0.0162. The Bertz CT molecular complexity index is 521. The van der Waals surface area contributed by atoms with Crippen LogP contribution in [0.5, 0.6) is 0 Å². The Balaban J connectivity index is 2.62. The molecule has 4 N–H and O–H groups in total. The van der Waals surface area contributed by atoms with E-state index >= 15 is 0 Å². The largest absolute Gasteiger partial charge is 0.480 e. The third-order valence-electron chi connectivity index (χ3n) is 2.30. The van der Waals surface area contributed by atoms with E-state index in [2.05, 4.69) is 4.98 Å². The van der Waals surface area contributed by atoms with E-state index in [0.717, 1.165) is 0 Å². The summed E-state index contributed by atoms with van der Waals surface area (Å²) in [7, 11) is 0. The lowest BCUT2D eigenvalue weighted by Gasteiger charge is -2.08. The maximum absolute atomic E-state index is 13.7. The molecule has 0 spiro atoms. The number of nitrogens with one attached hydrogen (secondary N) is 1. The predicted octanol–water partition coefficient (Wildman–Crippen LogP) is 1.39. The molecule has 1 aromatic heterocycles. The van der Waals surface area contributed by atoms with Gasteiger partial charge in [-0.25, -0.2) is 4.39 Å². The molecule has 0 fully saturated rings. The van der Waals surface area contributed by atoms with Crippen molar-refractivity contribution in [2.24, 2.45) is 5.73 Å². The van der Waals surface area contributed by atoms with Crippen LogP contribution in [0, 0.1) is 5.82 Å². The molecule has 0 radical (unpaired) electrons. The third kappa shape index (κ3) is 1.46. The fraction of sp³-hybridized carbons (Fsp3) is 0.100. The lowest BCUT2D eigenvalue weighted by molar-refractivity contribution is -0.138. The molecule has 1 unspecified atom stereocenters. The summed E-state index contributed by atoms with van der Waals surface area (Å²) in [5, 5.41) is 9.37. The summed E-state index contributed by atoms with van der Waals surface area (Å²) < 4.78 is 13.7. The van der Waals surface area contributed by atoms with Crippen LogP contribution in [0.15, 0.2) is 24.4 Å². The Hall–Kier alpha value is -1.88. The van der Waals surface area contributed by atoms with Gasteiger partial charge in [0, 0.05) is 17.1 Å². The molecule has 1 heterocycles. The van der Waals surface area contributed by atoms with E-state index in [0.29, 0.717) is 5.39 Å². The highest BCUT2D eigenvalue weighted by molar-refractivity contribution is 5.83. The van der Waals surface area contributed by atoms with Gasteiger partial charge in [-0.1, -0.05) is 12.1 Å². The molecular weight excluding hydrogens is 199 g/mol. The fourth-order valence-electron chi connectivity index (χ4n) is 1.48. The number of carboxylic acid groups (broad SMARTS) is 1. The van der Waals surface area contributed by atoms with Crippen molar-refractivity contribution in [2.75, 3.05) is 0 Å². The molecule has 0 bridgehead atoms. The zero-order valence-corrected chi connectivity index (χ0v) is 7.70. The van der Waals surface area contributed by atoms with E-state index < -0.39 is 17.8 Å².